The number of rotatable bonds is 5. The lowest BCUT2D eigenvalue weighted by molar-refractivity contribution is -0.130. The van der Waals surface area contributed by atoms with Crippen molar-refractivity contribution in [3.8, 4) is 0 Å². The first-order valence-corrected chi connectivity index (χ1v) is 7.43. The average Bonchev–Trinajstić information content (AvgIpc) is 2.65. The van der Waals surface area contributed by atoms with Crippen LogP contribution in [0.2, 0.25) is 0 Å². The highest BCUT2D eigenvalue weighted by Gasteiger charge is 2.34. The molecule has 2 unspecified atom stereocenters. The van der Waals surface area contributed by atoms with Crippen molar-refractivity contribution in [2.75, 3.05) is 19.6 Å². The van der Waals surface area contributed by atoms with Crippen LogP contribution in [0.1, 0.15) is 26.7 Å². The minimum Gasteiger partial charge on any atom is -0.341 e. The molecule has 8 heteroatoms. The van der Waals surface area contributed by atoms with E-state index in [2.05, 4.69) is 4.72 Å². The highest BCUT2D eigenvalue weighted by atomic mass is 35.5. The smallest absolute Gasteiger partial charge is 0.224 e. The van der Waals surface area contributed by atoms with Crippen LogP contribution in [0.4, 0.5) is 0 Å². The largest absolute Gasteiger partial charge is 0.341 e. The summed E-state index contributed by atoms with van der Waals surface area (Å²) in [6.07, 6.45) is 0.772. The molecule has 108 valence electrons. The number of amides is 1. The molecule has 1 aliphatic heterocycles. The Balaban J connectivity index is 0.00000289. The van der Waals surface area contributed by atoms with Crippen LogP contribution < -0.4 is 10.5 Å². The van der Waals surface area contributed by atoms with Gasteiger partial charge in [0.1, 0.15) is 0 Å². The number of nitrogens with one attached hydrogen (secondary N) is 1. The number of sulfonamides is 1. The van der Waals surface area contributed by atoms with Crippen LogP contribution in [0, 0.1) is 0 Å². The molecule has 18 heavy (non-hydrogen) atoms. The van der Waals surface area contributed by atoms with Crippen molar-refractivity contribution in [3.05, 3.63) is 0 Å². The van der Waals surface area contributed by atoms with E-state index in [4.69, 9.17) is 5.73 Å². The minimum atomic E-state index is -3.28. The SMILES string of the molecule is CCNS(=O)(=O)C1CCN(C(=O)CC(C)N)C1.Cl. The molecule has 6 nitrogen and oxygen atoms in total. The van der Waals surface area contributed by atoms with Gasteiger partial charge >= 0.3 is 0 Å². The highest BCUT2D eigenvalue weighted by Crippen LogP contribution is 2.17. The summed E-state index contributed by atoms with van der Waals surface area (Å²) < 4.78 is 26.0. The topological polar surface area (TPSA) is 92.5 Å². The maximum Gasteiger partial charge on any atom is 0.224 e. The lowest BCUT2D eigenvalue weighted by Crippen LogP contribution is -2.38. The van der Waals surface area contributed by atoms with Crippen molar-refractivity contribution in [1.29, 1.82) is 0 Å². The fourth-order valence-electron chi connectivity index (χ4n) is 1.93. The van der Waals surface area contributed by atoms with Gasteiger partial charge in [-0.25, -0.2) is 13.1 Å². The molecule has 1 aliphatic rings. The van der Waals surface area contributed by atoms with Gasteiger partial charge in [-0.2, -0.15) is 0 Å². The number of carbonyl (C=O) groups excluding carboxylic acids is 1. The molecule has 0 aromatic rings. The van der Waals surface area contributed by atoms with Crippen LogP contribution in [0.5, 0.6) is 0 Å². The lowest BCUT2D eigenvalue weighted by atomic mass is 10.2. The molecule has 3 N–H and O–H groups in total. The predicted molar refractivity (Wildman–Crippen MR) is 73.1 cm³/mol. The number of halogens is 1. The Bertz CT molecular complexity index is 373. The van der Waals surface area contributed by atoms with Crippen molar-refractivity contribution in [1.82, 2.24) is 9.62 Å². The third kappa shape index (κ3) is 4.72. The number of hydrogen-bond acceptors (Lipinski definition) is 4. The molecule has 1 amide bonds. The molecular weight excluding hydrogens is 278 g/mol. The third-order valence-corrected chi connectivity index (χ3v) is 4.73. The summed E-state index contributed by atoms with van der Waals surface area (Å²) in [5.41, 5.74) is 5.55. The summed E-state index contributed by atoms with van der Waals surface area (Å²) in [5, 5.41) is -0.487. The zero-order valence-electron chi connectivity index (χ0n) is 10.8. The molecule has 0 aromatic heterocycles. The van der Waals surface area contributed by atoms with Gasteiger partial charge in [0.2, 0.25) is 15.9 Å². The predicted octanol–water partition coefficient (Wildman–Crippen LogP) is -0.314. The quantitative estimate of drug-likeness (QED) is 0.728. The van der Waals surface area contributed by atoms with Crippen molar-refractivity contribution >= 4 is 28.3 Å². The second kappa shape index (κ2) is 7.28. The van der Waals surface area contributed by atoms with Gasteiger partial charge in [-0.1, -0.05) is 6.92 Å². The first kappa shape index (κ1) is 17.6. The van der Waals surface area contributed by atoms with E-state index < -0.39 is 15.3 Å². The van der Waals surface area contributed by atoms with Gasteiger partial charge in [-0.05, 0) is 13.3 Å². The fourth-order valence-corrected chi connectivity index (χ4v) is 3.36. The molecule has 1 rings (SSSR count). The van der Waals surface area contributed by atoms with E-state index in [1.54, 1.807) is 18.7 Å². The van der Waals surface area contributed by atoms with E-state index in [1.807, 2.05) is 0 Å². The van der Waals surface area contributed by atoms with E-state index in [-0.39, 0.29) is 37.3 Å². The monoisotopic (exact) mass is 299 g/mol. The van der Waals surface area contributed by atoms with Crippen LogP contribution in [0.15, 0.2) is 0 Å². The molecule has 0 aliphatic carbocycles. The Morgan fingerprint density at radius 2 is 2.17 bits per heavy atom. The second-order valence-electron chi connectivity index (χ2n) is 4.47. The van der Waals surface area contributed by atoms with Gasteiger partial charge in [0, 0.05) is 32.1 Å². The zero-order valence-corrected chi connectivity index (χ0v) is 12.4. The van der Waals surface area contributed by atoms with Gasteiger partial charge in [0.25, 0.3) is 0 Å². The summed E-state index contributed by atoms with van der Waals surface area (Å²) >= 11 is 0. The molecule has 0 aromatic carbocycles. The van der Waals surface area contributed by atoms with Gasteiger partial charge in [0.15, 0.2) is 0 Å². The normalized spacial score (nSPS) is 21.5. The molecule has 1 saturated heterocycles. The van der Waals surface area contributed by atoms with E-state index in [0.29, 0.717) is 19.5 Å². The molecule has 0 bridgehead atoms. The Kier molecular flexibility index (Phi) is 7.13. The number of nitrogens with two attached hydrogens (primary N) is 1. The summed E-state index contributed by atoms with van der Waals surface area (Å²) in [5.74, 6) is -0.0609. The molecule has 1 heterocycles. The van der Waals surface area contributed by atoms with Crippen LogP contribution in [-0.4, -0.2) is 50.2 Å². The Morgan fingerprint density at radius 1 is 1.56 bits per heavy atom. The van der Waals surface area contributed by atoms with Gasteiger partial charge < -0.3 is 10.6 Å². The molecule has 0 saturated carbocycles. The lowest BCUT2D eigenvalue weighted by Gasteiger charge is -2.17. The van der Waals surface area contributed by atoms with E-state index in [0.717, 1.165) is 0 Å². The number of carbonyl (C=O) groups is 1. The second-order valence-corrected chi connectivity index (χ2v) is 6.52. The first-order chi connectivity index (χ1) is 7.86. The summed E-state index contributed by atoms with van der Waals surface area (Å²) in [6.45, 7) is 4.67. The average molecular weight is 300 g/mol. The fraction of sp³-hybridized carbons (Fsp3) is 0.900. The molecular formula is C10H22ClN3O3S. The number of likely N-dealkylation sites (tertiary alicyclic amines) is 1. The summed E-state index contributed by atoms with van der Waals surface area (Å²) in [6, 6.07) is -0.188. The summed E-state index contributed by atoms with van der Waals surface area (Å²) in [4.78, 5) is 13.3. The Hall–Kier alpha value is -0.370. The first-order valence-electron chi connectivity index (χ1n) is 5.88. The zero-order chi connectivity index (χ0) is 13.1. The molecule has 0 spiro atoms. The number of hydrogen-bond donors (Lipinski definition) is 2. The molecule has 2 atom stereocenters. The number of nitrogens with zero attached hydrogens (tertiary/aromatic N) is 1. The maximum atomic E-state index is 11.7. The Labute approximate surface area is 115 Å². The minimum absolute atomic E-state index is 0. The van der Waals surface area contributed by atoms with E-state index >= 15 is 0 Å². The van der Waals surface area contributed by atoms with Crippen molar-refractivity contribution in [2.24, 2.45) is 5.73 Å². The Morgan fingerprint density at radius 3 is 2.67 bits per heavy atom. The highest BCUT2D eigenvalue weighted by molar-refractivity contribution is 7.90. The maximum absolute atomic E-state index is 11.7. The molecule has 0 radical (unpaired) electrons. The van der Waals surface area contributed by atoms with Crippen LogP contribution >= 0.6 is 12.4 Å². The van der Waals surface area contributed by atoms with Crippen molar-refractivity contribution in [3.63, 3.8) is 0 Å². The van der Waals surface area contributed by atoms with Crippen LogP contribution in [0.25, 0.3) is 0 Å². The van der Waals surface area contributed by atoms with Crippen molar-refractivity contribution in [2.45, 2.75) is 38.0 Å². The van der Waals surface area contributed by atoms with Gasteiger partial charge in [-0.15, -0.1) is 12.4 Å². The van der Waals surface area contributed by atoms with Gasteiger partial charge in [-0.3, -0.25) is 4.79 Å². The van der Waals surface area contributed by atoms with Crippen LogP contribution in [0.3, 0.4) is 0 Å². The third-order valence-electron chi connectivity index (χ3n) is 2.78. The molecule has 1 fully saturated rings. The van der Waals surface area contributed by atoms with Gasteiger partial charge in [0.05, 0.1) is 5.25 Å². The van der Waals surface area contributed by atoms with E-state index in [9.17, 15) is 13.2 Å². The van der Waals surface area contributed by atoms with Crippen LogP contribution in [-0.2, 0) is 14.8 Å². The van der Waals surface area contributed by atoms with Crippen molar-refractivity contribution < 1.29 is 13.2 Å². The summed E-state index contributed by atoms with van der Waals surface area (Å²) in [7, 11) is -3.28. The standard InChI is InChI=1S/C10H21N3O3S.ClH/c1-3-12-17(15,16)9-4-5-13(7-9)10(14)6-8(2)11;/h8-9,12H,3-7,11H2,1-2H3;1H. The van der Waals surface area contributed by atoms with E-state index in [1.165, 1.54) is 0 Å².